The summed E-state index contributed by atoms with van der Waals surface area (Å²) >= 11 is 0. The van der Waals surface area contributed by atoms with Crippen LogP contribution in [0.2, 0.25) is 0 Å². The maximum Gasteiger partial charge on any atom is 0.203 e. The number of aliphatic hydroxyl groups is 1. The fourth-order valence-corrected chi connectivity index (χ4v) is 1.92. The second-order valence-electron chi connectivity index (χ2n) is 3.71. The molecule has 1 N–H and O–H groups in total. The molecular weight excluding hydrogens is 206 g/mol. The molecule has 0 bridgehead atoms. The van der Waals surface area contributed by atoms with Crippen molar-refractivity contribution in [2.75, 3.05) is 0 Å². The first-order chi connectivity index (χ1) is 7.79. The van der Waals surface area contributed by atoms with Crippen molar-refractivity contribution in [1.82, 2.24) is 14.5 Å². The molecule has 1 aliphatic rings. The van der Waals surface area contributed by atoms with Crippen LogP contribution in [-0.2, 0) is 13.0 Å². The molecule has 0 saturated carbocycles. The van der Waals surface area contributed by atoms with Gasteiger partial charge in [-0.2, -0.15) is 0 Å². The van der Waals surface area contributed by atoms with E-state index in [-0.39, 0.29) is 12.4 Å². The summed E-state index contributed by atoms with van der Waals surface area (Å²) in [5, 5.41) is 9.02. The molecule has 0 aromatic carbocycles. The lowest BCUT2D eigenvalue weighted by atomic mass is 10.0. The van der Waals surface area contributed by atoms with Crippen molar-refractivity contribution in [3.8, 4) is 5.82 Å². The largest absolute Gasteiger partial charge is 0.392 e. The van der Waals surface area contributed by atoms with Gasteiger partial charge >= 0.3 is 0 Å². The highest BCUT2D eigenvalue weighted by Crippen LogP contribution is 2.22. The number of aliphatic hydroxyl groups excluding tert-OH is 1. The Kier molecular flexibility index (Phi) is 1.87. The van der Waals surface area contributed by atoms with E-state index in [1.165, 1.54) is 0 Å². The molecule has 0 saturated heterocycles. The molecule has 3 heterocycles. The predicted octanol–water partition coefficient (Wildman–Crippen LogP) is 0.498. The second-order valence-corrected chi connectivity index (χ2v) is 3.71. The molecule has 5 heteroatoms. The summed E-state index contributed by atoms with van der Waals surface area (Å²) in [6, 6.07) is 1.81. The number of ketones is 1. The Bertz CT molecular complexity index is 574. The molecule has 0 aliphatic carbocycles. The maximum absolute atomic E-state index is 11.7. The normalized spacial score (nSPS) is 13.4. The van der Waals surface area contributed by atoms with Gasteiger partial charge in [0.05, 0.1) is 6.61 Å². The summed E-state index contributed by atoms with van der Waals surface area (Å²) in [6.45, 7) is -0.0642. The Hall–Kier alpha value is -2.01. The van der Waals surface area contributed by atoms with E-state index >= 15 is 0 Å². The van der Waals surface area contributed by atoms with Crippen LogP contribution in [0.15, 0.2) is 24.7 Å². The smallest absolute Gasteiger partial charge is 0.203 e. The zero-order chi connectivity index (χ0) is 11.1. The number of nitrogens with zero attached hydrogens (tertiary/aromatic N) is 3. The number of fused-ring (bicyclic) bond motifs is 3. The molecule has 0 amide bonds. The molecule has 1 aliphatic heterocycles. The second kappa shape index (κ2) is 3.24. The number of rotatable bonds is 1. The minimum atomic E-state index is -0.0642. The monoisotopic (exact) mass is 215 g/mol. The molecule has 3 rings (SSSR count). The van der Waals surface area contributed by atoms with Crippen LogP contribution in [0.4, 0.5) is 0 Å². The molecule has 0 fully saturated rings. The number of carbonyl (C=O) groups excluding carboxylic acids is 1. The van der Waals surface area contributed by atoms with Crippen LogP contribution in [-0.4, -0.2) is 25.4 Å². The van der Waals surface area contributed by atoms with Gasteiger partial charge in [-0.05, 0) is 11.6 Å². The molecular formula is C11H9N3O2. The van der Waals surface area contributed by atoms with E-state index in [4.69, 9.17) is 5.11 Å². The van der Waals surface area contributed by atoms with Crippen molar-refractivity contribution in [2.24, 2.45) is 0 Å². The van der Waals surface area contributed by atoms with Gasteiger partial charge in [0.15, 0.2) is 5.82 Å². The minimum absolute atomic E-state index is 0.0191. The van der Waals surface area contributed by atoms with Gasteiger partial charge in [0.2, 0.25) is 5.78 Å². The Labute approximate surface area is 91.4 Å². The average Bonchev–Trinajstić information content (AvgIpc) is 2.78. The third-order valence-electron chi connectivity index (χ3n) is 2.65. The number of hydrogen-bond acceptors (Lipinski definition) is 4. The van der Waals surface area contributed by atoms with Crippen LogP contribution in [0.25, 0.3) is 5.82 Å². The average molecular weight is 215 g/mol. The van der Waals surface area contributed by atoms with Crippen molar-refractivity contribution >= 4 is 5.78 Å². The van der Waals surface area contributed by atoms with E-state index in [2.05, 4.69) is 9.97 Å². The van der Waals surface area contributed by atoms with Gasteiger partial charge in [-0.3, -0.25) is 9.36 Å². The summed E-state index contributed by atoms with van der Waals surface area (Å²) in [4.78, 5) is 20.0. The van der Waals surface area contributed by atoms with Crippen LogP contribution in [0, 0.1) is 0 Å². The first-order valence-electron chi connectivity index (χ1n) is 4.95. The quantitative estimate of drug-likeness (QED) is 0.752. The predicted molar refractivity (Wildman–Crippen MR) is 55.3 cm³/mol. The molecule has 0 unspecified atom stereocenters. The summed E-state index contributed by atoms with van der Waals surface area (Å²) in [7, 11) is 0. The van der Waals surface area contributed by atoms with Crippen molar-refractivity contribution in [2.45, 2.75) is 13.0 Å². The number of imidazole rings is 1. The van der Waals surface area contributed by atoms with Crippen LogP contribution in [0.3, 0.4) is 0 Å². The summed E-state index contributed by atoms with van der Waals surface area (Å²) in [5.41, 5.74) is 1.55. The molecule has 0 radical (unpaired) electrons. The van der Waals surface area contributed by atoms with Gasteiger partial charge in [0.1, 0.15) is 5.82 Å². The topological polar surface area (TPSA) is 68.0 Å². The van der Waals surface area contributed by atoms with Gasteiger partial charge in [0, 0.05) is 30.6 Å². The SMILES string of the molecule is O=C1Cc2cc(CO)cnc2-n2ccnc21. The first kappa shape index (κ1) is 9.23. The molecule has 2 aromatic rings. The van der Waals surface area contributed by atoms with Gasteiger partial charge < -0.3 is 5.11 Å². The van der Waals surface area contributed by atoms with Gasteiger partial charge in [-0.1, -0.05) is 0 Å². The zero-order valence-electron chi connectivity index (χ0n) is 8.42. The van der Waals surface area contributed by atoms with Crippen LogP contribution >= 0.6 is 0 Å². The minimum Gasteiger partial charge on any atom is -0.392 e. The van der Waals surface area contributed by atoms with Crippen LogP contribution < -0.4 is 0 Å². The Morgan fingerprint density at radius 3 is 3.12 bits per heavy atom. The summed E-state index contributed by atoms with van der Waals surface area (Å²) < 4.78 is 1.68. The number of Topliss-reactive ketones (excluding diaryl/α,β-unsaturated/α-hetero) is 1. The van der Waals surface area contributed by atoms with Gasteiger partial charge in [-0.15, -0.1) is 0 Å². The lowest BCUT2D eigenvalue weighted by molar-refractivity contribution is 0.0977. The highest BCUT2D eigenvalue weighted by Gasteiger charge is 2.24. The highest BCUT2D eigenvalue weighted by molar-refractivity contribution is 5.97. The Morgan fingerprint density at radius 2 is 2.31 bits per heavy atom. The third-order valence-corrected chi connectivity index (χ3v) is 2.65. The molecule has 2 aromatic heterocycles. The third kappa shape index (κ3) is 1.18. The standard InChI is InChI=1S/C11H9N3O2/c15-6-7-3-8-4-9(16)11-12-1-2-14(11)10(8)13-5-7/h1-3,5,15H,4,6H2. The number of pyridine rings is 1. The lowest BCUT2D eigenvalue weighted by Gasteiger charge is -2.16. The zero-order valence-corrected chi connectivity index (χ0v) is 8.42. The highest BCUT2D eigenvalue weighted by atomic mass is 16.3. The van der Waals surface area contributed by atoms with E-state index in [1.807, 2.05) is 6.07 Å². The van der Waals surface area contributed by atoms with E-state index in [9.17, 15) is 4.79 Å². The Balaban J connectivity index is 2.23. The van der Waals surface area contributed by atoms with Gasteiger partial charge in [-0.25, -0.2) is 9.97 Å². The van der Waals surface area contributed by atoms with Crippen molar-refractivity contribution in [3.05, 3.63) is 41.6 Å². The van der Waals surface area contributed by atoms with E-state index in [0.29, 0.717) is 12.2 Å². The Morgan fingerprint density at radius 1 is 1.44 bits per heavy atom. The number of hydrogen-bond donors (Lipinski definition) is 1. The van der Waals surface area contributed by atoms with E-state index in [0.717, 1.165) is 16.9 Å². The molecule has 0 spiro atoms. The summed E-state index contributed by atoms with van der Waals surface area (Å²) in [5.74, 6) is 1.13. The maximum atomic E-state index is 11.7. The fraction of sp³-hybridized carbons (Fsp3) is 0.182. The van der Waals surface area contributed by atoms with Crippen molar-refractivity contribution in [3.63, 3.8) is 0 Å². The summed E-state index contributed by atoms with van der Waals surface area (Å²) in [6.07, 6.45) is 5.21. The first-order valence-corrected chi connectivity index (χ1v) is 4.95. The molecule has 5 nitrogen and oxygen atoms in total. The van der Waals surface area contributed by atoms with Gasteiger partial charge in [0.25, 0.3) is 0 Å². The molecule has 80 valence electrons. The fourth-order valence-electron chi connectivity index (χ4n) is 1.92. The van der Waals surface area contributed by atoms with E-state index in [1.54, 1.807) is 23.2 Å². The van der Waals surface area contributed by atoms with Crippen molar-refractivity contribution < 1.29 is 9.90 Å². The van der Waals surface area contributed by atoms with Crippen molar-refractivity contribution in [1.29, 1.82) is 0 Å². The molecule has 16 heavy (non-hydrogen) atoms. The number of carbonyl (C=O) groups is 1. The molecule has 0 atom stereocenters. The lowest BCUT2D eigenvalue weighted by Crippen LogP contribution is -2.20. The van der Waals surface area contributed by atoms with E-state index < -0.39 is 0 Å². The number of aromatic nitrogens is 3. The van der Waals surface area contributed by atoms with Crippen LogP contribution in [0.1, 0.15) is 21.7 Å². The van der Waals surface area contributed by atoms with Crippen LogP contribution in [0.5, 0.6) is 0 Å².